The molecule has 1 fully saturated rings. The third-order valence-electron chi connectivity index (χ3n) is 5.09. The zero-order valence-electron chi connectivity index (χ0n) is 14.7. The van der Waals surface area contributed by atoms with E-state index in [-0.39, 0.29) is 0 Å². The van der Waals surface area contributed by atoms with Crippen molar-refractivity contribution in [2.45, 2.75) is 91.1 Å². The molecule has 1 saturated carbocycles. The standard InChI is InChI=1S/C18H38N2/c1-6-11-17(4)20(5)15-18(14-19-16(2)3)12-9-7-8-10-13-18/h16-17,19H,6-15H2,1-5H3. The SMILES string of the molecule is CCCC(C)N(C)CC1(CNC(C)C)CCCCCC1. The maximum absolute atomic E-state index is 3.73. The van der Waals surface area contributed by atoms with Crippen LogP contribution in [0.2, 0.25) is 0 Å². The van der Waals surface area contributed by atoms with Crippen molar-refractivity contribution in [3.63, 3.8) is 0 Å². The van der Waals surface area contributed by atoms with E-state index in [0.29, 0.717) is 11.5 Å². The van der Waals surface area contributed by atoms with Crippen LogP contribution in [-0.2, 0) is 0 Å². The van der Waals surface area contributed by atoms with Crippen LogP contribution in [0.1, 0.15) is 79.1 Å². The first-order valence-electron chi connectivity index (χ1n) is 8.93. The van der Waals surface area contributed by atoms with Crippen LogP contribution in [0.3, 0.4) is 0 Å². The Balaban J connectivity index is 2.65. The van der Waals surface area contributed by atoms with E-state index < -0.39 is 0 Å². The molecule has 120 valence electrons. The van der Waals surface area contributed by atoms with Crippen molar-refractivity contribution in [1.82, 2.24) is 10.2 Å². The Bertz CT molecular complexity index is 242. The topological polar surface area (TPSA) is 15.3 Å². The average Bonchev–Trinajstić information content (AvgIpc) is 2.63. The molecule has 0 amide bonds. The molecule has 0 radical (unpaired) electrons. The lowest BCUT2D eigenvalue weighted by Gasteiger charge is -2.39. The first kappa shape index (κ1) is 18.0. The molecule has 2 heteroatoms. The van der Waals surface area contributed by atoms with Gasteiger partial charge in [-0.25, -0.2) is 0 Å². The van der Waals surface area contributed by atoms with Gasteiger partial charge in [-0.15, -0.1) is 0 Å². The summed E-state index contributed by atoms with van der Waals surface area (Å²) < 4.78 is 0. The van der Waals surface area contributed by atoms with Gasteiger partial charge in [0.15, 0.2) is 0 Å². The van der Waals surface area contributed by atoms with Crippen molar-refractivity contribution < 1.29 is 0 Å². The molecule has 1 atom stereocenters. The second-order valence-electron chi connectivity index (χ2n) is 7.50. The molecule has 0 aliphatic heterocycles. The number of hydrogen-bond donors (Lipinski definition) is 1. The normalized spacial score (nSPS) is 21.1. The van der Waals surface area contributed by atoms with Crippen LogP contribution >= 0.6 is 0 Å². The molecule has 0 saturated heterocycles. The molecular weight excluding hydrogens is 244 g/mol. The second kappa shape index (κ2) is 9.04. The van der Waals surface area contributed by atoms with E-state index in [1.54, 1.807) is 0 Å². The molecule has 0 heterocycles. The minimum absolute atomic E-state index is 0.511. The predicted octanol–water partition coefficient (Wildman–Crippen LogP) is 4.45. The Labute approximate surface area is 127 Å². The van der Waals surface area contributed by atoms with Gasteiger partial charge in [0.25, 0.3) is 0 Å². The van der Waals surface area contributed by atoms with Crippen molar-refractivity contribution >= 4 is 0 Å². The van der Waals surface area contributed by atoms with E-state index in [4.69, 9.17) is 0 Å². The number of rotatable bonds is 8. The highest BCUT2D eigenvalue weighted by Crippen LogP contribution is 2.36. The monoisotopic (exact) mass is 282 g/mol. The lowest BCUT2D eigenvalue weighted by molar-refractivity contribution is 0.114. The Hall–Kier alpha value is -0.0800. The van der Waals surface area contributed by atoms with Crippen molar-refractivity contribution in [3.8, 4) is 0 Å². The second-order valence-corrected chi connectivity index (χ2v) is 7.50. The molecule has 1 unspecified atom stereocenters. The molecule has 0 aromatic rings. The number of nitrogens with zero attached hydrogens (tertiary/aromatic N) is 1. The number of hydrogen-bond acceptors (Lipinski definition) is 2. The van der Waals surface area contributed by atoms with Gasteiger partial charge < -0.3 is 10.2 Å². The quantitative estimate of drug-likeness (QED) is 0.662. The Morgan fingerprint density at radius 1 is 1.05 bits per heavy atom. The summed E-state index contributed by atoms with van der Waals surface area (Å²) >= 11 is 0. The maximum Gasteiger partial charge on any atom is 0.00640 e. The van der Waals surface area contributed by atoms with E-state index in [0.717, 1.165) is 6.04 Å². The van der Waals surface area contributed by atoms with Gasteiger partial charge in [-0.3, -0.25) is 0 Å². The van der Waals surface area contributed by atoms with E-state index in [9.17, 15) is 0 Å². The highest BCUT2D eigenvalue weighted by molar-refractivity contribution is 4.87. The van der Waals surface area contributed by atoms with Gasteiger partial charge in [0.2, 0.25) is 0 Å². The van der Waals surface area contributed by atoms with E-state index >= 15 is 0 Å². The third kappa shape index (κ3) is 6.13. The first-order chi connectivity index (χ1) is 9.49. The smallest absolute Gasteiger partial charge is 0.00640 e. The largest absolute Gasteiger partial charge is 0.314 e. The lowest BCUT2D eigenvalue weighted by atomic mass is 9.79. The van der Waals surface area contributed by atoms with Crippen LogP contribution in [-0.4, -0.2) is 37.1 Å². The van der Waals surface area contributed by atoms with Gasteiger partial charge in [0, 0.05) is 25.2 Å². The summed E-state index contributed by atoms with van der Waals surface area (Å²) in [4.78, 5) is 2.62. The van der Waals surface area contributed by atoms with Gasteiger partial charge in [0.05, 0.1) is 0 Å². The van der Waals surface area contributed by atoms with Crippen molar-refractivity contribution in [1.29, 1.82) is 0 Å². The lowest BCUT2D eigenvalue weighted by Crippen LogP contribution is -2.46. The summed E-state index contributed by atoms with van der Waals surface area (Å²) in [6, 6.07) is 1.33. The molecule has 1 rings (SSSR count). The molecule has 0 bridgehead atoms. The maximum atomic E-state index is 3.73. The van der Waals surface area contributed by atoms with Crippen molar-refractivity contribution in [2.75, 3.05) is 20.1 Å². The number of nitrogens with one attached hydrogen (secondary N) is 1. The highest BCUT2D eigenvalue weighted by Gasteiger charge is 2.32. The van der Waals surface area contributed by atoms with Crippen LogP contribution in [0.15, 0.2) is 0 Å². The fraction of sp³-hybridized carbons (Fsp3) is 1.00. The molecular formula is C18H38N2. The van der Waals surface area contributed by atoms with Crippen LogP contribution in [0.25, 0.3) is 0 Å². The van der Waals surface area contributed by atoms with Gasteiger partial charge in [0.1, 0.15) is 0 Å². The molecule has 1 N–H and O–H groups in total. The summed E-state index contributed by atoms with van der Waals surface area (Å²) in [5.41, 5.74) is 0.511. The zero-order chi connectivity index (χ0) is 15.0. The van der Waals surface area contributed by atoms with Crippen LogP contribution in [0.4, 0.5) is 0 Å². The molecule has 1 aliphatic rings. The van der Waals surface area contributed by atoms with Crippen molar-refractivity contribution in [2.24, 2.45) is 5.41 Å². The molecule has 0 aromatic carbocycles. The zero-order valence-corrected chi connectivity index (χ0v) is 14.7. The predicted molar refractivity (Wildman–Crippen MR) is 90.3 cm³/mol. The Morgan fingerprint density at radius 2 is 1.65 bits per heavy atom. The fourth-order valence-corrected chi connectivity index (χ4v) is 3.61. The van der Waals surface area contributed by atoms with Gasteiger partial charge >= 0.3 is 0 Å². The van der Waals surface area contributed by atoms with E-state index in [1.165, 1.54) is 64.5 Å². The molecule has 20 heavy (non-hydrogen) atoms. The summed E-state index contributed by atoms with van der Waals surface area (Å²) in [7, 11) is 2.34. The Morgan fingerprint density at radius 3 is 2.15 bits per heavy atom. The van der Waals surface area contributed by atoms with Gasteiger partial charge in [-0.1, -0.05) is 52.9 Å². The molecule has 2 nitrogen and oxygen atoms in total. The molecule has 0 aromatic heterocycles. The minimum atomic E-state index is 0.511. The average molecular weight is 283 g/mol. The van der Waals surface area contributed by atoms with Gasteiger partial charge in [-0.05, 0) is 38.6 Å². The summed E-state index contributed by atoms with van der Waals surface area (Å²) in [5.74, 6) is 0. The van der Waals surface area contributed by atoms with E-state index in [2.05, 4.69) is 45.0 Å². The van der Waals surface area contributed by atoms with Crippen LogP contribution in [0.5, 0.6) is 0 Å². The van der Waals surface area contributed by atoms with Gasteiger partial charge in [-0.2, -0.15) is 0 Å². The highest BCUT2D eigenvalue weighted by atomic mass is 15.1. The minimum Gasteiger partial charge on any atom is -0.314 e. The Kier molecular flexibility index (Phi) is 8.13. The fourth-order valence-electron chi connectivity index (χ4n) is 3.61. The third-order valence-corrected chi connectivity index (χ3v) is 5.09. The van der Waals surface area contributed by atoms with Crippen LogP contribution in [0, 0.1) is 5.41 Å². The summed E-state index contributed by atoms with van der Waals surface area (Å²) in [6.07, 6.45) is 11.2. The molecule has 1 aliphatic carbocycles. The first-order valence-corrected chi connectivity index (χ1v) is 8.93. The van der Waals surface area contributed by atoms with E-state index in [1.807, 2.05) is 0 Å². The van der Waals surface area contributed by atoms with Crippen molar-refractivity contribution in [3.05, 3.63) is 0 Å². The van der Waals surface area contributed by atoms with Crippen LogP contribution < -0.4 is 5.32 Å². The summed E-state index contributed by atoms with van der Waals surface area (Å²) in [5, 5.41) is 3.73. The summed E-state index contributed by atoms with van der Waals surface area (Å²) in [6.45, 7) is 11.7. The molecule has 0 spiro atoms.